The third-order valence-corrected chi connectivity index (χ3v) is 1.55. The lowest BCUT2D eigenvalue weighted by atomic mass is 10.2. The Morgan fingerprint density at radius 2 is 1.92 bits per heavy atom. The van der Waals surface area contributed by atoms with Crippen molar-refractivity contribution < 1.29 is 4.74 Å². The first kappa shape index (κ1) is 8.71. The highest BCUT2D eigenvalue weighted by molar-refractivity contribution is 5.26. The Hall–Kier alpha value is -1.38. The number of benzene rings is 1. The predicted molar refractivity (Wildman–Crippen MR) is 47.5 cm³/mol. The average molecular weight is 164 g/mol. The van der Waals surface area contributed by atoms with Gasteiger partial charge in [-0.05, 0) is 17.7 Å². The summed E-state index contributed by atoms with van der Waals surface area (Å²) >= 11 is 0. The molecule has 0 saturated heterocycles. The number of rotatable bonds is 3. The summed E-state index contributed by atoms with van der Waals surface area (Å²) in [5.41, 5.74) is 1.14. The van der Waals surface area contributed by atoms with E-state index in [4.69, 9.17) is 4.74 Å². The maximum absolute atomic E-state index is 5.02. The first-order chi connectivity index (χ1) is 5.86. The molecule has 0 aliphatic carbocycles. The first-order valence-electron chi connectivity index (χ1n) is 3.75. The summed E-state index contributed by atoms with van der Waals surface area (Å²) in [6.07, 6.45) is 0. The molecular formula is C9H12N2O. The molecule has 0 heterocycles. The van der Waals surface area contributed by atoms with Crippen LogP contribution in [0.3, 0.4) is 0 Å². The van der Waals surface area contributed by atoms with Gasteiger partial charge in [0.25, 0.3) is 0 Å². The summed E-state index contributed by atoms with van der Waals surface area (Å²) in [6, 6.07) is 7.79. The number of methoxy groups -OCH3 is 1. The van der Waals surface area contributed by atoms with Crippen LogP contribution in [0.4, 0.5) is 0 Å². The standard InChI is InChI=1S/C9H12N2O/c1-10-11-7-8-3-5-9(12-2)6-4-8/h3-6H,7H2,1-2H3. The van der Waals surface area contributed by atoms with Gasteiger partial charge in [0.05, 0.1) is 13.7 Å². The molecule has 0 aromatic heterocycles. The molecule has 0 aliphatic heterocycles. The largest absolute Gasteiger partial charge is 0.497 e. The van der Waals surface area contributed by atoms with Gasteiger partial charge in [-0.25, -0.2) is 0 Å². The van der Waals surface area contributed by atoms with E-state index in [1.165, 1.54) is 0 Å². The van der Waals surface area contributed by atoms with Gasteiger partial charge < -0.3 is 4.74 Å². The normalized spacial score (nSPS) is 10.5. The highest BCUT2D eigenvalue weighted by atomic mass is 16.5. The quantitative estimate of drug-likeness (QED) is 0.631. The maximum Gasteiger partial charge on any atom is 0.118 e. The second-order valence-corrected chi connectivity index (χ2v) is 2.35. The molecule has 1 aromatic carbocycles. The van der Waals surface area contributed by atoms with E-state index in [-0.39, 0.29) is 0 Å². The van der Waals surface area contributed by atoms with Crippen molar-refractivity contribution in [2.24, 2.45) is 10.2 Å². The summed E-state index contributed by atoms with van der Waals surface area (Å²) in [5.74, 6) is 0.868. The minimum atomic E-state index is 0.639. The molecule has 3 nitrogen and oxygen atoms in total. The van der Waals surface area contributed by atoms with Gasteiger partial charge in [0.2, 0.25) is 0 Å². The van der Waals surface area contributed by atoms with Crippen LogP contribution in [0, 0.1) is 0 Å². The molecule has 0 N–H and O–H groups in total. The fourth-order valence-corrected chi connectivity index (χ4v) is 0.883. The van der Waals surface area contributed by atoms with Crippen molar-refractivity contribution >= 4 is 0 Å². The van der Waals surface area contributed by atoms with Crippen LogP contribution in [0.15, 0.2) is 34.5 Å². The molecule has 0 bridgehead atoms. The zero-order valence-electron chi connectivity index (χ0n) is 7.32. The molecule has 0 radical (unpaired) electrons. The van der Waals surface area contributed by atoms with Crippen LogP contribution < -0.4 is 4.74 Å². The molecule has 0 atom stereocenters. The molecule has 0 spiro atoms. The summed E-state index contributed by atoms with van der Waals surface area (Å²) in [5, 5.41) is 7.55. The van der Waals surface area contributed by atoms with Crippen LogP contribution in [0.2, 0.25) is 0 Å². The fraction of sp³-hybridized carbons (Fsp3) is 0.333. The van der Waals surface area contributed by atoms with Gasteiger partial charge in [0.15, 0.2) is 0 Å². The van der Waals surface area contributed by atoms with Crippen molar-refractivity contribution in [2.75, 3.05) is 14.2 Å². The SMILES string of the molecule is CN=NCc1ccc(OC)cc1. The molecule has 1 rings (SSSR count). The van der Waals surface area contributed by atoms with Crippen molar-refractivity contribution in [3.8, 4) is 5.75 Å². The third-order valence-electron chi connectivity index (χ3n) is 1.55. The summed E-state index contributed by atoms with van der Waals surface area (Å²) in [7, 11) is 3.32. The zero-order chi connectivity index (χ0) is 8.81. The minimum absolute atomic E-state index is 0.639. The Morgan fingerprint density at radius 1 is 1.25 bits per heavy atom. The molecule has 1 aromatic rings. The van der Waals surface area contributed by atoms with E-state index in [1.807, 2.05) is 24.3 Å². The molecule has 64 valence electrons. The van der Waals surface area contributed by atoms with Crippen molar-refractivity contribution in [2.45, 2.75) is 6.54 Å². The fourth-order valence-electron chi connectivity index (χ4n) is 0.883. The number of hydrogen-bond donors (Lipinski definition) is 0. The molecule has 0 fully saturated rings. The van der Waals surface area contributed by atoms with Crippen LogP contribution in [0.25, 0.3) is 0 Å². The Kier molecular flexibility index (Phi) is 3.26. The molecule has 0 unspecified atom stereocenters. The van der Waals surface area contributed by atoms with Gasteiger partial charge in [0.1, 0.15) is 5.75 Å². The van der Waals surface area contributed by atoms with Crippen LogP contribution in [0.5, 0.6) is 5.75 Å². The van der Waals surface area contributed by atoms with Gasteiger partial charge in [-0.3, -0.25) is 0 Å². The maximum atomic E-state index is 5.02. The van der Waals surface area contributed by atoms with Gasteiger partial charge in [-0.1, -0.05) is 12.1 Å². The Balaban J connectivity index is 2.64. The Bertz CT molecular complexity index is 254. The smallest absolute Gasteiger partial charge is 0.118 e. The van der Waals surface area contributed by atoms with E-state index in [2.05, 4.69) is 10.2 Å². The van der Waals surface area contributed by atoms with Crippen molar-refractivity contribution in [3.05, 3.63) is 29.8 Å². The average Bonchev–Trinajstić information content (AvgIpc) is 2.15. The minimum Gasteiger partial charge on any atom is -0.497 e. The predicted octanol–water partition coefficient (Wildman–Crippen LogP) is 2.28. The monoisotopic (exact) mass is 164 g/mol. The van der Waals surface area contributed by atoms with E-state index in [9.17, 15) is 0 Å². The molecular weight excluding hydrogens is 152 g/mol. The summed E-state index contributed by atoms with van der Waals surface area (Å²) in [6.45, 7) is 0.639. The highest BCUT2D eigenvalue weighted by Crippen LogP contribution is 2.11. The lowest BCUT2D eigenvalue weighted by Gasteiger charge is -1.99. The molecule has 3 heteroatoms. The van der Waals surface area contributed by atoms with E-state index < -0.39 is 0 Å². The zero-order valence-corrected chi connectivity index (χ0v) is 7.32. The molecule has 12 heavy (non-hydrogen) atoms. The number of ether oxygens (including phenoxy) is 1. The van der Waals surface area contributed by atoms with E-state index in [1.54, 1.807) is 14.2 Å². The Labute approximate surface area is 72.1 Å². The van der Waals surface area contributed by atoms with Crippen molar-refractivity contribution in [1.29, 1.82) is 0 Å². The second kappa shape index (κ2) is 4.49. The van der Waals surface area contributed by atoms with E-state index >= 15 is 0 Å². The topological polar surface area (TPSA) is 34.0 Å². The number of azo groups is 1. The lowest BCUT2D eigenvalue weighted by molar-refractivity contribution is 0.414. The Morgan fingerprint density at radius 3 is 2.42 bits per heavy atom. The summed E-state index contributed by atoms with van der Waals surface area (Å²) in [4.78, 5) is 0. The van der Waals surface area contributed by atoms with E-state index in [0.29, 0.717) is 6.54 Å². The van der Waals surface area contributed by atoms with Gasteiger partial charge in [0, 0.05) is 7.05 Å². The number of hydrogen-bond acceptors (Lipinski definition) is 3. The summed E-state index contributed by atoms with van der Waals surface area (Å²) < 4.78 is 5.02. The molecule has 0 saturated carbocycles. The van der Waals surface area contributed by atoms with Gasteiger partial charge in [-0.2, -0.15) is 10.2 Å². The lowest BCUT2D eigenvalue weighted by Crippen LogP contribution is -1.84. The van der Waals surface area contributed by atoms with Crippen LogP contribution in [-0.2, 0) is 6.54 Å². The van der Waals surface area contributed by atoms with Crippen LogP contribution in [0.1, 0.15) is 5.56 Å². The molecule has 0 amide bonds. The van der Waals surface area contributed by atoms with E-state index in [0.717, 1.165) is 11.3 Å². The number of nitrogens with zero attached hydrogens (tertiary/aromatic N) is 2. The van der Waals surface area contributed by atoms with Crippen LogP contribution >= 0.6 is 0 Å². The molecule has 0 aliphatic rings. The van der Waals surface area contributed by atoms with Gasteiger partial charge in [-0.15, -0.1) is 0 Å². The van der Waals surface area contributed by atoms with Crippen molar-refractivity contribution in [3.63, 3.8) is 0 Å². The third kappa shape index (κ3) is 2.34. The van der Waals surface area contributed by atoms with Gasteiger partial charge >= 0.3 is 0 Å². The van der Waals surface area contributed by atoms with Crippen LogP contribution in [-0.4, -0.2) is 14.2 Å². The highest BCUT2D eigenvalue weighted by Gasteiger charge is 1.91. The second-order valence-electron chi connectivity index (χ2n) is 2.35. The van der Waals surface area contributed by atoms with Crippen molar-refractivity contribution in [1.82, 2.24) is 0 Å². The first-order valence-corrected chi connectivity index (χ1v) is 3.75.